The van der Waals surface area contributed by atoms with E-state index in [4.69, 9.17) is 5.73 Å². The van der Waals surface area contributed by atoms with Gasteiger partial charge in [0, 0.05) is 12.0 Å². The van der Waals surface area contributed by atoms with Crippen molar-refractivity contribution < 1.29 is 4.79 Å². The molecule has 4 heteroatoms. The molecular weight excluding hydrogens is 124 g/mol. The third-order valence-electron chi connectivity index (χ3n) is 0.935. The van der Waals surface area contributed by atoms with E-state index >= 15 is 0 Å². The number of carbonyl (C=O) groups is 1. The second kappa shape index (κ2) is 2.17. The van der Waals surface area contributed by atoms with Crippen molar-refractivity contribution in [3.05, 3.63) is 0 Å². The normalized spacial score (nSPS) is 26.2. The Kier molecular flexibility index (Phi) is 1.53. The smallest absolute Gasteiger partial charge is 0.226 e. The molecule has 0 radical (unpaired) electrons. The second-order valence-electron chi connectivity index (χ2n) is 1.56. The minimum absolute atomic E-state index is 0.125. The van der Waals surface area contributed by atoms with Crippen molar-refractivity contribution in [2.24, 2.45) is 16.0 Å². The third kappa shape index (κ3) is 1.01. The standard InChI is InChI=1S/C4H6N2OS/c5-4(7)3-1-6-8-2-3/h1,3H,2H2,(H2,5,7). The topological polar surface area (TPSA) is 55.5 Å². The summed E-state index contributed by atoms with van der Waals surface area (Å²) in [5.41, 5.74) is 4.95. The molecule has 1 heterocycles. The number of rotatable bonds is 1. The molecule has 2 N–H and O–H groups in total. The molecular formula is C4H6N2OS. The average molecular weight is 130 g/mol. The lowest BCUT2D eigenvalue weighted by molar-refractivity contribution is -0.119. The molecule has 1 unspecified atom stereocenters. The van der Waals surface area contributed by atoms with E-state index < -0.39 is 0 Å². The molecule has 8 heavy (non-hydrogen) atoms. The van der Waals surface area contributed by atoms with Crippen molar-refractivity contribution in [2.75, 3.05) is 5.75 Å². The largest absolute Gasteiger partial charge is 0.369 e. The van der Waals surface area contributed by atoms with Crippen LogP contribution < -0.4 is 5.73 Å². The lowest BCUT2D eigenvalue weighted by Gasteiger charge is -1.93. The third-order valence-corrected chi connectivity index (χ3v) is 1.71. The van der Waals surface area contributed by atoms with Crippen LogP contribution in [0.3, 0.4) is 0 Å². The molecule has 0 bridgehead atoms. The van der Waals surface area contributed by atoms with Gasteiger partial charge in [-0.2, -0.15) is 0 Å². The molecule has 0 saturated carbocycles. The van der Waals surface area contributed by atoms with Gasteiger partial charge < -0.3 is 5.73 Å². The van der Waals surface area contributed by atoms with Crippen LogP contribution in [0, 0.1) is 5.92 Å². The second-order valence-corrected chi connectivity index (χ2v) is 2.36. The minimum atomic E-state index is -0.279. The number of primary amides is 1. The van der Waals surface area contributed by atoms with Gasteiger partial charge >= 0.3 is 0 Å². The highest BCUT2D eigenvalue weighted by atomic mass is 32.2. The van der Waals surface area contributed by atoms with Gasteiger partial charge in [-0.05, 0) is 11.9 Å². The van der Waals surface area contributed by atoms with Gasteiger partial charge in [-0.25, -0.2) is 4.40 Å². The van der Waals surface area contributed by atoms with Gasteiger partial charge in [0.25, 0.3) is 0 Å². The van der Waals surface area contributed by atoms with Crippen molar-refractivity contribution in [3.8, 4) is 0 Å². The molecule has 0 saturated heterocycles. The minimum Gasteiger partial charge on any atom is -0.369 e. The van der Waals surface area contributed by atoms with Crippen LogP contribution in [0.1, 0.15) is 0 Å². The number of carbonyl (C=O) groups excluding carboxylic acids is 1. The van der Waals surface area contributed by atoms with Crippen LogP contribution in [0.4, 0.5) is 0 Å². The Labute approximate surface area is 51.5 Å². The highest BCUT2D eigenvalue weighted by molar-refractivity contribution is 7.98. The van der Waals surface area contributed by atoms with Crippen LogP contribution >= 0.6 is 11.9 Å². The van der Waals surface area contributed by atoms with E-state index in [1.54, 1.807) is 6.21 Å². The van der Waals surface area contributed by atoms with E-state index in [9.17, 15) is 4.79 Å². The Hall–Kier alpha value is -0.510. The fourth-order valence-corrected chi connectivity index (χ4v) is 1.17. The molecule has 0 fully saturated rings. The zero-order valence-corrected chi connectivity index (χ0v) is 5.02. The molecule has 1 rings (SSSR count). The Morgan fingerprint density at radius 3 is 3.00 bits per heavy atom. The maximum absolute atomic E-state index is 10.3. The summed E-state index contributed by atoms with van der Waals surface area (Å²) in [6.45, 7) is 0. The van der Waals surface area contributed by atoms with Crippen molar-refractivity contribution >= 4 is 24.1 Å². The SMILES string of the molecule is NC(=O)C1C=NSC1. The summed E-state index contributed by atoms with van der Waals surface area (Å²) in [5, 5.41) is 0. The van der Waals surface area contributed by atoms with Crippen LogP contribution in [0.5, 0.6) is 0 Å². The van der Waals surface area contributed by atoms with Gasteiger partial charge in [0.15, 0.2) is 0 Å². The van der Waals surface area contributed by atoms with E-state index in [0.29, 0.717) is 0 Å². The van der Waals surface area contributed by atoms with E-state index in [2.05, 4.69) is 4.40 Å². The van der Waals surface area contributed by atoms with Crippen LogP contribution in [-0.4, -0.2) is 17.9 Å². The van der Waals surface area contributed by atoms with Gasteiger partial charge in [0.1, 0.15) is 0 Å². The van der Waals surface area contributed by atoms with Crippen LogP contribution in [0.2, 0.25) is 0 Å². The molecule has 1 atom stereocenters. The predicted octanol–water partition coefficient (Wildman–Crippen LogP) is -0.179. The Morgan fingerprint density at radius 2 is 2.75 bits per heavy atom. The van der Waals surface area contributed by atoms with Gasteiger partial charge in [0.2, 0.25) is 5.91 Å². The molecule has 0 aromatic rings. The van der Waals surface area contributed by atoms with Gasteiger partial charge in [-0.15, -0.1) is 0 Å². The fraction of sp³-hybridized carbons (Fsp3) is 0.500. The monoisotopic (exact) mass is 130 g/mol. The Balaban J connectivity index is 2.48. The highest BCUT2D eigenvalue weighted by Crippen LogP contribution is 2.14. The average Bonchev–Trinajstić information content (AvgIpc) is 2.12. The fourth-order valence-electron chi connectivity index (χ4n) is 0.438. The Bertz CT molecular complexity index is 134. The van der Waals surface area contributed by atoms with Crippen molar-refractivity contribution in [1.82, 2.24) is 0 Å². The van der Waals surface area contributed by atoms with E-state index in [1.165, 1.54) is 11.9 Å². The first-order valence-corrected chi connectivity index (χ1v) is 3.20. The molecule has 1 aliphatic heterocycles. The van der Waals surface area contributed by atoms with E-state index in [-0.39, 0.29) is 11.8 Å². The van der Waals surface area contributed by atoms with Crippen molar-refractivity contribution in [2.45, 2.75) is 0 Å². The summed E-state index contributed by atoms with van der Waals surface area (Å²) in [5.74, 6) is 0.314. The van der Waals surface area contributed by atoms with Gasteiger partial charge in [0.05, 0.1) is 5.92 Å². The summed E-state index contributed by atoms with van der Waals surface area (Å²) in [4.78, 5) is 10.3. The van der Waals surface area contributed by atoms with Crippen LogP contribution in [0.15, 0.2) is 4.40 Å². The van der Waals surface area contributed by atoms with Crippen LogP contribution in [0.25, 0.3) is 0 Å². The first-order chi connectivity index (χ1) is 3.80. The number of amides is 1. The molecule has 0 aromatic carbocycles. The summed E-state index contributed by atoms with van der Waals surface area (Å²) < 4.78 is 3.78. The summed E-state index contributed by atoms with van der Waals surface area (Å²) in [7, 11) is 0. The molecule has 3 nitrogen and oxygen atoms in total. The van der Waals surface area contributed by atoms with Gasteiger partial charge in [-0.1, -0.05) is 0 Å². The summed E-state index contributed by atoms with van der Waals surface area (Å²) >= 11 is 1.38. The Morgan fingerprint density at radius 1 is 2.00 bits per heavy atom. The van der Waals surface area contributed by atoms with Crippen molar-refractivity contribution in [3.63, 3.8) is 0 Å². The number of nitrogens with two attached hydrogens (primary N) is 1. The maximum atomic E-state index is 10.3. The van der Waals surface area contributed by atoms with Gasteiger partial charge in [-0.3, -0.25) is 4.79 Å². The lowest BCUT2D eigenvalue weighted by atomic mass is 10.2. The molecule has 1 aliphatic rings. The molecule has 1 amide bonds. The molecule has 0 spiro atoms. The number of hydrogen-bond acceptors (Lipinski definition) is 3. The number of hydrogen-bond donors (Lipinski definition) is 1. The zero-order chi connectivity index (χ0) is 5.98. The first-order valence-electron chi connectivity index (χ1n) is 2.25. The predicted molar refractivity (Wildman–Crippen MR) is 33.6 cm³/mol. The van der Waals surface area contributed by atoms with Crippen LogP contribution in [-0.2, 0) is 4.79 Å². The van der Waals surface area contributed by atoms with E-state index in [1.807, 2.05) is 0 Å². The molecule has 0 aromatic heterocycles. The zero-order valence-electron chi connectivity index (χ0n) is 4.20. The maximum Gasteiger partial charge on any atom is 0.226 e. The summed E-state index contributed by atoms with van der Waals surface area (Å²) in [6, 6.07) is 0. The summed E-state index contributed by atoms with van der Waals surface area (Å²) in [6.07, 6.45) is 1.59. The highest BCUT2D eigenvalue weighted by Gasteiger charge is 2.16. The molecule has 44 valence electrons. The first kappa shape index (κ1) is 5.62. The molecule has 0 aliphatic carbocycles. The quantitative estimate of drug-likeness (QED) is 0.500. The lowest BCUT2D eigenvalue weighted by Crippen LogP contribution is -2.23. The number of nitrogens with zero attached hydrogens (tertiary/aromatic N) is 1. The van der Waals surface area contributed by atoms with E-state index in [0.717, 1.165) is 5.75 Å². The van der Waals surface area contributed by atoms with Crippen molar-refractivity contribution in [1.29, 1.82) is 0 Å².